The minimum atomic E-state index is -1.62. The van der Waals surface area contributed by atoms with Crippen LogP contribution in [0.2, 0.25) is 0 Å². The number of rotatable bonds is 3. The molecular formula is C7H8O4. The fraction of sp³-hybridized carbons (Fsp3) is 0.143. The summed E-state index contributed by atoms with van der Waals surface area (Å²) in [6.07, 6.45) is 0.0394. The first-order chi connectivity index (χ1) is 5.07. The molecule has 60 valence electrons. The number of carboxylic acid groups (broad SMARTS) is 1. The van der Waals surface area contributed by atoms with E-state index in [0.29, 0.717) is 0 Å². The van der Waals surface area contributed by atoms with Gasteiger partial charge in [0.05, 0.1) is 0 Å². The number of hydrogen-bond acceptors (Lipinski definition) is 3. The summed E-state index contributed by atoms with van der Waals surface area (Å²) >= 11 is 0. The molecule has 0 unspecified atom stereocenters. The Balaban J connectivity index is 3.93. The van der Waals surface area contributed by atoms with Crippen LogP contribution in [0.1, 0.15) is 6.42 Å². The molecule has 0 fully saturated rings. The average molecular weight is 156 g/mol. The van der Waals surface area contributed by atoms with Crippen molar-refractivity contribution >= 4 is 12.1 Å². The van der Waals surface area contributed by atoms with Gasteiger partial charge in [0.15, 0.2) is 0 Å². The number of allylic oxidation sites excluding steroid dienone is 1. The van der Waals surface area contributed by atoms with Crippen molar-refractivity contribution in [3.63, 3.8) is 0 Å². The van der Waals surface area contributed by atoms with Crippen molar-refractivity contribution in [2.75, 3.05) is 0 Å². The van der Waals surface area contributed by atoms with Crippen molar-refractivity contribution < 1.29 is 19.4 Å². The van der Waals surface area contributed by atoms with Crippen molar-refractivity contribution in [3.05, 3.63) is 24.8 Å². The molecule has 4 nitrogen and oxygen atoms in total. The first-order valence-corrected chi connectivity index (χ1v) is 2.81. The van der Waals surface area contributed by atoms with Gasteiger partial charge < -0.3 is 9.84 Å². The average Bonchev–Trinajstić information content (AvgIpc) is 1.86. The first-order valence-electron chi connectivity index (χ1n) is 2.81. The third-order valence-electron chi connectivity index (χ3n) is 0.859. The lowest BCUT2D eigenvalue weighted by Gasteiger charge is -1.97. The van der Waals surface area contributed by atoms with E-state index in [4.69, 9.17) is 5.11 Å². The highest BCUT2D eigenvalue weighted by Gasteiger charge is 2.10. The molecule has 0 heterocycles. The van der Waals surface area contributed by atoms with Crippen LogP contribution in [0.3, 0.4) is 0 Å². The van der Waals surface area contributed by atoms with E-state index in [9.17, 15) is 9.59 Å². The predicted molar refractivity (Wildman–Crippen MR) is 38.1 cm³/mol. The Labute approximate surface area is 63.8 Å². The van der Waals surface area contributed by atoms with Gasteiger partial charge in [0.2, 0.25) is 0 Å². The second-order valence-electron chi connectivity index (χ2n) is 1.75. The molecule has 0 atom stereocenters. The van der Waals surface area contributed by atoms with Gasteiger partial charge in [0.1, 0.15) is 0 Å². The molecule has 0 spiro atoms. The quantitative estimate of drug-likeness (QED) is 0.290. The summed E-state index contributed by atoms with van der Waals surface area (Å²) in [5.74, 6) is -0.933. The molecule has 0 rings (SSSR count). The van der Waals surface area contributed by atoms with Gasteiger partial charge in [-0.1, -0.05) is 12.7 Å². The summed E-state index contributed by atoms with van der Waals surface area (Å²) in [7, 11) is 0. The van der Waals surface area contributed by atoms with Gasteiger partial charge in [0, 0.05) is 5.57 Å². The lowest BCUT2D eigenvalue weighted by Crippen LogP contribution is -2.11. The number of ether oxygens (including phenoxy) is 1. The molecule has 11 heavy (non-hydrogen) atoms. The van der Waals surface area contributed by atoms with E-state index in [-0.39, 0.29) is 12.0 Å². The SMILES string of the molecule is C=CCC(=C)C(=O)OC(=O)O. The lowest BCUT2D eigenvalue weighted by molar-refractivity contribution is -0.134. The number of carbonyl (C=O) groups excluding carboxylic acids is 1. The zero-order chi connectivity index (χ0) is 8.85. The molecule has 0 amide bonds. The minimum Gasteiger partial charge on any atom is -0.449 e. The second-order valence-corrected chi connectivity index (χ2v) is 1.75. The van der Waals surface area contributed by atoms with Crippen molar-refractivity contribution in [2.45, 2.75) is 6.42 Å². The van der Waals surface area contributed by atoms with Crippen LogP contribution in [0, 0.1) is 0 Å². The Morgan fingerprint density at radius 3 is 2.45 bits per heavy atom. The summed E-state index contributed by atoms with van der Waals surface area (Å²) in [6, 6.07) is 0. The maximum atomic E-state index is 10.6. The highest BCUT2D eigenvalue weighted by Crippen LogP contribution is 2.00. The van der Waals surface area contributed by atoms with Crippen LogP contribution in [0.4, 0.5) is 4.79 Å². The van der Waals surface area contributed by atoms with Gasteiger partial charge in [-0.15, -0.1) is 6.58 Å². The van der Waals surface area contributed by atoms with E-state index in [2.05, 4.69) is 17.9 Å². The monoisotopic (exact) mass is 156 g/mol. The first kappa shape index (κ1) is 9.42. The summed E-state index contributed by atoms with van der Waals surface area (Å²) in [5, 5.41) is 7.99. The topological polar surface area (TPSA) is 63.6 Å². The summed E-state index contributed by atoms with van der Waals surface area (Å²) in [5.41, 5.74) is 0.0717. The molecule has 0 aromatic carbocycles. The largest absolute Gasteiger partial charge is 0.513 e. The molecule has 0 aliphatic rings. The van der Waals surface area contributed by atoms with E-state index in [1.54, 1.807) is 0 Å². The van der Waals surface area contributed by atoms with Gasteiger partial charge in [-0.2, -0.15) is 0 Å². The van der Waals surface area contributed by atoms with E-state index < -0.39 is 12.1 Å². The van der Waals surface area contributed by atoms with Crippen LogP contribution in [0.15, 0.2) is 24.8 Å². The smallest absolute Gasteiger partial charge is 0.449 e. The third-order valence-corrected chi connectivity index (χ3v) is 0.859. The second kappa shape index (κ2) is 4.27. The molecule has 0 aliphatic heterocycles. The molecule has 1 N–H and O–H groups in total. The Hall–Kier alpha value is -1.58. The number of hydrogen-bond donors (Lipinski definition) is 1. The van der Waals surface area contributed by atoms with Gasteiger partial charge in [-0.05, 0) is 6.42 Å². The highest BCUT2D eigenvalue weighted by molar-refractivity contribution is 5.93. The maximum absolute atomic E-state index is 10.6. The summed E-state index contributed by atoms with van der Waals surface area (Å²) < 4.78 is 3.79. The Bertz CT molecular complexity index is 204. The molecular weight excluding hydrogens is 148 g/mol. The molecule has 0 aromatic rings. The standard InChI is InChI=1S/C7H8O4/c1-3-4-5(2)6(8)11-7(9)10/h3H,1-2,4H2,(H,9,10). The third kappa shape index (κ3) is 3.91. The molecule has 4 heteroatoms. The van der Waals surface area contributed by atoms with Gasteiger partial charge in [0.25, 0.3) is 0 Å². The normalized spacial score (nSPS) is 8.36. The summed E-state index contributed by atoms with van der Waals surface area (Å²) in [6.45, 7) is 6.63. The Morgan fingerprint density at radius 1 is 1.55 bits per heavy atom. The van der Waals surface area contributed by atoms with Crippen molar-refractivity contribution in [3.8, 4) is 0 Å². The van der Waals surface area contributed by atoms with Crippen LogP contribution >= 0.6 is 0 Å². The molecule has 0 aliphatic carbocycles. The number of carbonyl (C=O) groups is 2. The minimum absolute atomic E-state index is 0.0717. The van der Waals surface area contributed by atoms with Crippen LogP contribution in [-0.2, 0) is 9.53 Å². The van der Waals surface area contributed by atoms with Gasteiger partial charge in [-0.3, -0.25) is 0 Å². The molecule has 0 aromatic heterocycles. The zero-order valence-corrected chi connectivity index (χ0v) is 5.87. The molecule has 0 saturated heterocycles. The lowest BCUT2D eigenvalue weighted by atomic mass is 10.2. The highest BCUT2D eigenvalue weighted by atomic mass is 16.7. The Morgan fingerprint density at radius 2 is 2.09 bits per heavy atom. The van der Waals surface area contributed by atoms with E-state index in [1.807, 2.05) is 0 Å². The molecule has 0 saturated carbocycles. The van der Waals surface area contributed by atoms with Crippen LogP contribution in [0.25, 0.3) is 0 Å². The van der Waals surface area contributed by atoms with E-state index >= 15 is 0 Å². The molecule has 0 bridgehead atoms. The van der Waals surface area contributed by atoms with Gasteiger partial charge >= 0.3 is 12.1 Å². The van der Waals surface area contributed by atoms with E-state index in [1.165, 1.54) is 6.08 Å². The van der Waals surface area contributed by atoms with Crippen LogP contribution < -0.4 is 0 Å². The van der Waals surface area contributed by atoms with Crippen molar-refractivity contribution in [1.82, 2.24) is 0 Å². The van der Waals surface area contributed by atoms with E-state index in [0.717, 1.165) is 0 Å². The fourth-order valence-corrected chi connectivity index (χ4v) is 0.409. The predicted octanol–water partition coefficient (Wildman–Crippen LogP) is 1.34. The van der Waals surface area contributed by atoms with Crippen molar-refractivity contribution in [2.24, 2.45) is 0 Å². The van der Waals surface area contributed by atoms with Crippen molar-refractivity contribution in [1.29, 1.82) is 0 Å². The van der Waals surface area contributed by atoms with Gasteiger partial charge in [-0.25, -0.2) is 9.59 Å². The van der Waals surface area contributed by atoms with Crippen LogP contribution in [-0.4, -0.2) is 17.2 Å². The fourth-order valence-electron chi connectivity index (χ4n) is 0.409. The summed E-state index contributed by atoms with van der Waals surface area (Å²) in [4.78, 5) is 20.4. The maximum Gasteiger partial charge on any atom is 0.513 e. The number of esters is 1. The molecule has 0 radical (unpaired) electrons. The van der Waals surface area contributed by atoms with Crippen LogP contribution in [0.5, 0.6) is 0 Å². The Kier molecular flexibility index (Phi) is 3.66. The zero-order valence-electron chi connectivity index (χ0n) is 5.87.